The molecule has 16 heavy (non-hydrogen) atoms. The van der Waals surface area contributed by atoms with E-state index in [1.165, 1.54) is 0 Å². The molecular weight excluding hydrogens is 336 g/mol. The van der Waals surface area contributed by atoms with Crippen molar-refractivity contribution >= 4 is 37.5 Å². The number of benzene rings is 1. The summed E-state index contributed by atoms with van der Waals surface area (Å²) in [5, 5.41) is 0. The molecule has 2 rings (SSSR count). The van der Waals surface area contributed by atoms with Crippen molar-refractivity contribution in [3.05, 3.63) is 45.5 Å². The Labute approximate surface area is 110 Å². The number of nitrogen functional groups attached to an aromatic ring is 1. The maximum absolute atomic E-state index is 5.65. The fraction of sp³-hybridized carbons (Fsp3) is 0. The molecule has 0 saturated heterocycles. The molecule has 0 fully saturated rings. The lowest BCUT2D eigenvalue weighted by Gasteiger charge is -2.07. The van der Waals surface area contributed by atoms with Crippen LogP contribution in [-0.4, -0.2) is 4.98 Å². The van der Waals surface area contributed by atoms with Crippen molar-refractivity contribution in [1.82, 2.24) is 4.98 Å². The van der Waals surface area contributed by atoms with Crippen molar-refractivity contribution in [3.8, 4) is 11.6 Å². The third-order valence-corrected chi connectivity index (χ3v) is 2.85. The third kappa shape index (κ3) is 2.74. The van der Waals surface area contributed by atoms with Crippen LogP contribution in [0, 0.1) is 0 Å². The minimum Gasteiger partial charge on any atom is -0.438 e. The quantitative estimate of drug-likeness (QED) is 0.839. The van der Waals surface area contributed by atoms with Crippen LogP contribution in [0.4, 0.5) is 5.69 Å². The molecule has 3 nitrogen and oxygen atoms in total. The van der Waals surface area contributed by atoms with Gasteiger partial charge in [0, 0.05) is 22.4 Å². The lowest BCUT2D eigenvalue weighted by Crippen LogP contribution is -1.90. The van der Waals surface area contributed by atoms with Crippen LogP contribution in [0.5, 0.6) is 11.6 Å². The second-order valence-electron chi connectivity index (χ2n) is 3.12. The van der Waals surface area contributed by atoms with E-state index in [0.29, 0.717) is 17.3 Å². The summed E-state index contributed by atoms with van der Waals surface area (Å²) in [6.45, 7) is 0. The summed E-state index contributed by atoms with van der Waals surface area (Å²) in [7, 11) is 0. The van der Waals surface area contributed by atoms with Gasteiger partial charge >= 0.3 is 0 Å². The third-order valence-electron chi connectivity index (χ3n) is 1.85. The number of aromatic nitrogens is 1. The van der Waals surface area contributed by atoms with Crippen LogP contribution in [0.25, 0.3) is 0 Å². The van der Waals surface area contributed by atoms with Gasteiger partial charge in [-0.15, -0.1) is 0 Å². The summed E-state index contributed by atoms with van der Waals surface area (Å²) in [6.07, 6.45) is 1.67. The van der Waals surface area contributed by atoms with E-state index in [1.54, 1.807) is 18.3 Å². The molecule has 0 aliphatic heterocycles. The number of ether oxygens (including phenoxy) is 1. The standard InChI is InChI=1S/C11H8Br2N2O/c12-7-4-10(13)11(15-6-7)16-9-3-1-2-8(14)5-9/h1-6H,14H2. The molecule has 1 aromatic heterocycles. The number of anilines is 1. The average molecular weight is 344 g/mol. The minimum atomic E-state index is 0.508. The smallest absolute Gasteiger partial charge is 0.233 e. The molecule has 2 aromatic rings. The highest BCUT2D eigenvalue weighted by molar-refractivity contribution is 9.11. The van der Waals surface area contributed by atoms with Gasteiger partial charge in [0.05, 0.1) is 4.47 Å². The summed E-state index contributed by atoms with van der Waals surface area (Å²) in [6, 6.07) is 9.08. The van der Waals surface area contributed by atoms with E-state index in [2.05, 4.69) is 36.8 Å². The first-order valence-corrected chi connectivity index (χ1v) is 6.08. The minimum absolute atomic E-state index is 0.508. The van der Waals surface area contributed by atoms with Crippen molar-refractivity contribution in [3.63, 3.8) is 0 Å². The first-order valence-electron chi connectivity index (χ1n) is 4.49. The van der Waals surface area contributed by atoms with Crippen molar-refractivity contribution < 1.29 is 4.74 Å². The molecular formula is C11H8Br2N2O. The maximum Gasteiger partial charge on any atom is 0.233 e. The Morgan fingerprint density at radius 1 is 1.19 bits per heavy atom. The van der Waals surface area contributed by atoms with Gasteiger partial charge in [0.25, 0.3) is 0 Å². The largest absolute Gasteiger partial charge is 0.438 e. The second-order valence-corrected chi connectivity index (χ2v) is 4.89. The Morgan fingerprint density at radius 2 is 2.00 bits per heavy atom. The van der Waals surface area contributed by atoms with E-state index in [4.69, 9.17) is 10.5 Å². The van der Waals surface area contributed by atoms with E-state index in [9.17, 15) is 0 Å². The highest BCUT2D eigenvalue weighted by Crippen LogP contribution is 2.29. The van der Waals surface area contributed by atoms with Gasteiger partial charge in [-0.1, -0.05) is 6.07 Å². The van der Waals surface area contributed by atoms with Gasteiger partial charge in [-0.3, -0.25) is 0 Å². The van der Waals surface area contributed by atoms with Crippen LogP contribution >= 0.6 is 31.9 Å². The van der Waals surface area contributed by atoms with Crippen LogP contribution < -0.4 is 10.5 Å². The summed E-state index contributed by atoms with van der Waals surface area (Å²) < 4.78 is 7.26. The monoisotopic (exact) mass is 342 g/mol. The number of nitrogens with two attached hydrogens (primary N) is 1. The molecule has 1 aromatic carbocycles. The van der Waals surface area contributed by atoms with Crippen molar-refractivity contribution in [1.29, 1.82) is 0 Å². The zero-order valence-corrected chi connectivity index (χ0v) is 11.3. The number of hydrogen-bond donors (Lipinski definition) is 1. The lowest BCUT2D eigenvalue weighted by molar-refractivity contribution is 0.459. The highest BCUT2D eigenvalue weighted by Gasteiger charge is 2.05. The molecule has 2 N–H and O–H groups in total. The SMILES string of the molecule is Nc1cccc(Oc2ncc(Br)cc2Br)c1. The number of halogens is 2. The van der Waals surface area contributed by atoms with Gasteiger partial charge in [0.1, 0.15) is 5.75 Å². The van der Waals surface area contributed by atoms with Gasteiger partial charge in [0.15, 0.2) is 0 Å². The molecule has 1 heterocycles. The van der Waals surface area contributed by atoms with Crippen LogP contribution in [0.3, 0.4) is 0 Å². The Bertz CT molecular complexity index is 517. The highest BCUT2D eigenvalue weighted by atomic mass is 79.9. The lowest BCUT2D eigenvalue weighted by atomic mass is 10.3. The van der Waals surface area contributed by atoms with Crippen LogP contribution in [-0.2, 0) is 0 Å². The average Bonchev–Trinajstić information content (AvgIpc) is 2.22. The topological polar surface area (TPSA) is 48.1 Å². The Hall–Kier alpha value is -1.07. The Morgan fingerprint density at radius 3 is 2.69 bits per heavy atom. The second kappa shape index (κ2) is 4.84. The first kappa shape index (κ1) is 11.4. The summed E-state index contributed by atoms with van der Waals surface area (Å²) in [5.41, 5.74) is 6.31. The zero-order chi connectivity index (χ0) is 11.5. The predicted octanol–water partition coefficient (Wildman–Crippen LogP) is 3.98. The Balaban J connectivity index is 2.27. The summed E-state index contributed by atoms with van der Waals surface area (Å²) >= 11 is 6.70. The molecule has 82 valence electrons. The van der Waals surface area contributed by atoms with E-state index < -0.39 is 0 Å². The predicted molar refractivity (Wildman–Crippen MR) is 70.6 cm³/mol. The van der Waals surface area contributed by atoms with Crippen molar-refractivity contribution in [2.24, 2.45) is 0 Å². The van der Waals surface area contributed by atoms with Gasteiger partial charge in [-0.25, -0.2) is 4.98 Å². The van der Waals surface area contributed by atoms with Crippen LogP contribution in [0.15, 0.2) is 45.5 Å². The fourth-order valence-electron chi connectivity index (χ4n) is 1.17. The molecule has 0 spiro atoms. The number of nitrogens with zero attached hydrogens (tertiary/aromatic N) is 1. The van der Waals surface area contributed by atoms with Crippen LogP contribution in [0.1, 0.15) is 0 Å². The molecule has 0 saturated carbocycles. The number of pyridine rings is 1. The van der Waals surface area contributed by atoms with Crippen molar-refractivity contribution in [2.45, 2.75) is 0 Å². The molecule has 0 radical (unpaired) electrons. The molecule has 0 bridgehead atoms. The van der Waals surface area contributed by atoms with Crippen molar-refractivity contribution in [2.75, 3.05) is 5.73 Å². The van der Waals surface area contributed by atoms with E-state index >= 15 is 0 Å². The van der Waals surface area contributed by atoms with Gasteiger partial charge < -0.3 is 10.5 Å². The molecule has 0 aliphatic rings. The molecule has 5 heteroatoms. The fourth-order valence-corrected chi connectivity index (χ4v) is 2.24. The van der Waals surface area contributed by atoms with Gasteiger partial charge in [0.2, 0.25) is 5.88 Å². The van der Waals surface area contributed by atoms with E-state index in [0.717, 1.165) is 8.95 Å². The van der Waals surface area contributed by atoms with E-state index in [-0.39, 0.29) is 0 Å². The normalized spacial score (nSPS) is 10.1. The van der Waals surface area contributed by atoms with Gasteiger partial charge in [-0.2, -0.15) is 0 Å². The van der Waals surface area contributed by atoms with Gasteiger partial charge in [-0.05, 0) is 50.1 Å². The zero-order valence-electron chi connectivity index (χ0n) is 8.15. The molecule has 0 amide bonds. The molecule has 0 aliphatic carbocycles. The maximum atomic E-state index is 5.65. The summed E-state index contributed by atoms with van der Waals surface area (Å²) in [5.74, 6) is 1.17. The first-order chi connectivity index (χ1) is 7.65. The Kier molecular flexibility index (Phi) is 3.46. The number of rotatable bonds is 2. The number of hydrogen-bond acceptors (Lipinski definition) is 3. The van der Waals surface area contributed by atoms with Crippen LogP contribution in [0.2, 0.25) is 0 Å². The molecule has 0 atom stereocenters. The van der Waals surface area contributed by atoms with E-state index in [1.807, 2.05) is 18.2 Å². The summed E-state index contributed by atoms with van der Waals surface area (Å²) in [4.78, 5) is 4.15. The molecule has 0 unspecified atom stereocenters.